The molecule has 23 heavy (non-hydrogen) atoms. The molecule has 1 aromatic heterocycles. The minimum atomic E-state index is -0.523. The summed E-state index contributed by atoms with van der Waals surface area (Å²) in [6, 6.07) is 8.05. The van der Waals surface area contributed by atoms with Gasteiger partial charge in [0.25, 0.3) is 5.91 Å². The number of nitrogens with zero attached hydrogens (tertiary/aromatic N) is 1. The van der Waals surface area contributed by atoms with Gasteiger partial charge in [0, 0.05) is 23.0 Å². The molecule has 3 nitrogen and oxygen atoms in total. The first-order chi connectivity index (χ1) is 10.8. The Bertz CT molecular complexity index is 963. The van der Waals surface area contributed by atoms with Crippen molar-refractivity contribution in [2.75, 3.05) is 0 Å². The largest absolute Gasteiger partial charge is 0.364 e. The molecule has 2 aromatic carbocycles. The topological polar surface area (TPSA) is 48.0 Å². The molecule has 1 amide bonds. The number of amides is 1. The Morgan fingerprint density at radius 3 is 2.52 bits per heavy atom. The third kappa shape index (κ3) is 2.48. The van der Waals surface area contributed by atoms with Crippen LogP contribution >= 0.6 is 23.2 Å². The predicted molar refractivity (Wildman–Crippen MR) is 91.6 cm³/mol. The van der Waals surface area contributed by atoms with Gasteiger partial charge in [0.2, 0.25) is 0 Å². The quantitative estimate of drug-likeness (QED) is 0.715. The predicted octanol–water partition coefficient (Wildman–Crippen LogP) is 4.70. The minimum Gasteiger partial charge on any atom is -0.364 e. The fourth-order valence-electron chi connectivity index (χ4n) is 2.97. The molecule has 0 spiro atoms. The zero-order chi connectivity index (χ0) is 16.9. The lowest BCUT2D eigenvalue weighted by atomic mass is 10.0. The molecule has 6 heteroatoms. The van der Waals surface area contributed by atoms with E-state index in [9.17, 15) is 9.18 Å². The molecule has 0 aliphatic heterocycles. The first-order valence-corrected chi connectivity index (χ1v) is 7.60. The molecule has 0 radical (unpaired) electrons. The molecule has 0 bridgehead atoms. The van der Waals surface area contributed by atoms with Crippen molar-refractivity contribution in [3.63, 3.8) is 0 Å². The van der Waals surface area contributed by atoms with E-state index in [0.29, 0.717) is 21.8 Å². The Kier molecular flexibility index (Phi) is 3.82. The Morgan fingerprint density at radius 2 is 1.91 bits per heavy atom. The average Bonchev–Trinajstić information content (AvgIpc) is 2.72. The summed E-state index contributed by atoms with van der Waals surface area (Å²) in [5.74, 6) is -1.04. The Morgan fingerprint density at radius 1 is 1.22 bits per heavy atom. The summed E-state index contributed by atoms with van der Waals surface area (Å²) >= 11 is 12.0. The number of nitrogens with two attached hydrogens (primary N) is 1. The normalized spacial score (nSPS) is 11.2. The van der Waals surface area contributed by atoms with Gasteiger partial charge in [-0.3, -0.25) is 4.79 Å². The van der Waals surface area contributed by atoms with E-state index in [1.165, 1.54) is 12.1 Å². The van der Waals surface area contributed by atoms with Gasteiger partial charge in [0.1, 0.15) is 11.5 Å². The molecule has 0 unspecified atom stereocenters. The molecule has 0 atom stereocenters. The van der Waals surface area contributed by atoms with Gasteiger partial charge < -0.3 is 10.3 Å². The zero-order valence-corrected chi connectivity index (χ0v) is 14.0. The van der Waals surface area contributed by atoms with Crippen LogP contribution in [0.2, 0.25) is 10.0 Å². The van der Waals surface area contributed by atoms with Crippen molar-refractivity contribution < 1.29 is 9.18 Å². The third-order valence-corrected chi connectivity index (χ3v) is 4.49. The van der Waals surface area contributed by atoms with Crippen LogP contribution in [0.1, 0.15) is 16.1 Å². The molecule has 2 N–H and O–H groups in total. The highest BCUT2D eigenvalue weighted by Gasteiger charge is 2.20. The van der Waals surface area contributed by atoms with Crippen molar-refractivity contribution in [2.24, 2.45) is 12.8 Å². The van der Waals surface area contributed by atoms with Crippen LogP contribution in [0.15, 0.2) is 30.3 Å². The number of aromatic nitrogens is 1. The maximum absolute atomic E-state index is 13.8. The van der Waals surface area contributed by atoms with Crippen LogP contribution in [0.4, 0.5) is 4.39 Å². The number of fused-ring (bicyclic) bond motifs is 1. The van der Waals surface area contributed by atoms with Crippen LogP contribution in [-0.2, 0) is 7.05 Å². The van der Waals surface area contributed by atoms with E-state index >= 15 is 0 Å². The van der Waals surface area contributed by atoms with E-state index in [4.69, 9.17) is 28.9 Å². The van der Waals surface area contributed by atoms with E-state index in [1.54, 1.807) is 29.8 Å². The average molecular weight is 351 g/mol. The summed E-state index contributed by atoms with van der Waals surface area (Å²) in [4.78, 5) is 11.7. The minimum absolute atomic E-state index is 0.0490. The second kappa shape index (κ2) is 5.55. The number of halogens is 3. The molecular weight excluding hydrogens is 338 g/mol. The van der Waals surface area contributed by atoms with Crippen molar-refractivity contribution >= 4 is 40.0 Å². The van der Waals surface area contributed by atoms with Crippen LogP contribution < -0.4 is 5.73 Å². The molecule has 0 fully saturated rings. The monoisotopic (exact) mass is 350 g/mol. The smallest absolute Gasteiger partial charge is 0.265 e. The van der Waals surface area contributed by atoms with Gasteiger partial charge in [0.05, 0.1) is 10.5 Å². The molecular formula is C17H13Cl2FN2O. The van der Waals surface area contributed by atoms with Gasteiger partial charge in [-0.15, -0.1) is 0 Å². The third-order valence-electron chi connectivity index (χ3n) is 3.97. The van der Waals surface area contributed by atoms with E-state index < -0.39 is 11.7 Å². The summed E-state index contributed by atoms with van der Waals surface area (Å²) in [6.45, 7) is 1.81. The lowest BCUT2D eigenvalue weighted by Gasteiger charge is -2.09. The van der Waals surface area contributed by atoms with E-state index in [1.807, 2.05) is 6.92 Å². The summed E-state index contributed by atoms with van der Waals surface area (Å²) in [5, 5.41) is 1.35. The molecule has 0 aliphatic carbocycles. The van der Waals surface area contributed by atoms with Crippen LogP contribution in [-0.4, -0.2) is 10.5 Å². The molecule has 0 saturated carbocycles. The summed E-state index contributed by atoms with van der Waals surface area (Å²) in [7, 11) is 1.75. The van der Waals surface area contributed by atoms with Gasteiger partial charge in [-0.05, 0) is 42.3 Å². The van der Waals surface area contributed by atoms with Gasteiger partial charge in [-0.1, -0.05) is 29.3 Å². The van der Waals surface area contributed by atoms with Crippen LogP contribution in [0, 0.1) is 12.7 Å². The first-order valence-electron chi connectivity index (χ1n) is 6.85. The lowest BCUT2D eigenvalue weighted by Crippen LogP contribution is -2.16. The molecule has 3 aromatic rings. The summed E-state index contributed by atoms with van der Waals surface area (Å²) in [6.07, 6.45) is 0. The molecule has 1 heterocycles. The SMILES string of the molecule is Cc1c(C(N)=O)n(C)c2c(-c3ccc(Cl)c(F)c3)cc(Cl)cc12. The fraction of sp³-hybridized carbons (Fsp3) is 0.118. The lowest BCUT2D eigenvalue weighted by molar-refractivity contribution is 0.0992. The maximum atomic E-state index is 13.8. The van der Waals surface area contributed by atoms with Crippen molar-refractivity contribution in [1.82, 2.24) is 4.57 Å². The number of aryl methyl sites for hydroxylation is 2. The van der Waals surface area contributed by atoms with E-state index in [-0.39, 0.29) is 5.02 Å². The Hall–Kier alpha value is -2.04. The summed E-state index contributed by atoms with van der Waals surface area (Å²) in [5.41, 5.74) is 8.72. The molecule has 0 aliphatic rings. The second-order valence-electron chi connectivity index (χ2n) is 5.38. The number of benzene rings is 2. The molecule has 118 valence electrons. The van der Waals surface area contributed by atoms with Gasteiger partial charge in [-0.25, -0.2) is 4.39 Å². The van der Waals surface area contributed by atoms with Gasteiger partial charge in [-0.2, -0.15) is 0 Å². The zero-order valence-electron chi connectivity index (χ0n) is 12.5. The van der Waals surface area contributed by atoms with Gasteiger partial charge in [0.15, 0.2) is 0 Å². The maximum Gasteiger partial charge on any atom is 0.265 e. The number of carbonyl (C=O) groups excluding carboxylic acids is 1. The highest BCUT2D eigenvalue weighted by atomic mass is 35.5. The van der Waals surface area contributed by atoms with E-state index in [0.717, 1.165) is 16.5 Å². The van der Waals surface area contributed by atoms with Crippen LogP contribution in [0.5, 0.6) is 0 Å². The summed E-state index contributed by atoms with van der Waals surface area (Å²) < 4.78 is 15.5. The number of hydrogen-bond acceptors (Lipinski definition) is 1. The number of primary amides is 1. The van der Waals surface area contributed by atoms with Crippen molar-refractivity contribution in [2.45, 2.75) is 6.92 Å². The number of rotatable bonds is 2. The second-order valence-corrected chi connectivity index (χ2v) is 6.22. The highest BCUT2D eigenvalue weighted by Crippen LogP contribution is 2.37. The standard InChI is InChI=1S/C17H13Cl2FN2O/c1-8-11-6-10(18)7-12(9-3-4-13(19)14(20)5-9)16(11)22(2)15(8)17(21)23/h3-7H,1-2H3,(H2,21,23). The fourth-order valence-corrected chi connectivity index (χ4v) is 3.31. The molecule has 0 saturated heterocycles. The van der Waals surface area contributed by atoms with Gasteiger partial charge >= 0.3 is 0 Å². The van der Waals surface area contributed by atoms with Crippen LogP contribution in [0.25, 0.3) is 22.0 Å². The highest BCUT2D eigenvalue weighted by molar-refractivity contribution is 6.32. The van der Waals surface area contributed by atoms with Crippen molar-refractivity contribution in [3.05, 3.63) is 57.5 Å². The number of hydrogen-bond donors (Lipinski definition) is 1. The molecule has 3 rings (SSSR count). The van der Waals surface area contributed by atoms with Crippen molar-refractivity contribution in [3.8, 4) is 11.1 Å². The number of carbonyl (C=O) groups is 1. The Balaban J connectivity index is 2.43. The van der Waals surface area contributed by atoms with Crippen LogP contribution in [0.3, 0.4) is 0 Å². The van der Waals surface area contributed by atoms with E-state index in [2.05, 4.69) is 0 Å². The van der Waals surface area contributed by atoms with Crippen molar-refractivity contribution in [1.29, 1.82) is 0 Å². The first kappa shape index (κ1) is 15.8. The Labute approximate surface area is 142 Å².